The smallest absolute Gasteiger partial charge is 0.156 e. The molecule has 0 fully saturated rings. The second kappa shape index (κ2) is 4.68. The zero-order valence-corrected chi connectivity index (χ0v) is 11.2. The topological polar surface area (TPSA) is 29.3 Å². The molecule has 100 valence electrons. The molecular formula is C15H17FN2O. The van der Waals surface area contributed by atoms with Gasteiger partial charge >= 0.3 is 0 Å². The third-order valence-electron chi connectivity index (χ3n) is 3.50. The lowest BCUT2D eigenvalue weighted by Crippen LogP contribution is -2.29. The molecular weight excluding hydrogens is 243 g/mol. The average Bonchev–Trinajstić information content (AvgIpc) is 2.74. The van der Waals surface area contributed by atoms with Gasteiger partial charge in [0, 0.05) is 12.6 Å². The maximum absolute atomic E-state index is 14.2. The quantitative estimate of drug-likeness (QED) is 0.829. The highest BCUT2D eigenvalue weighted by Gasteiger charge is 2.22. The number of fused-ring (bicyclic) bond motifs is 1. The predicted octanol–water partition coefficient (Wildman–Crippen LogP) is 3.38. The summed E-state index contributed by atoms with van der Waals surface area (Å²) < 4.78 is 19.4. The van der Waals surface area contributed by atoms with E-state index in [0.717, 1.165) is 47.7 Å². The van der Waals surface area contributed by atoms with Crippen LogP contribution in [0.4, 0.5) is 10.1 Å². The van der Waals surface area contributed by atoms with Gasteiger partial charge in [-0.3, -0.25) is 0 Å². The summed E-state index contributed by atoms with van der Waals surface area (Å²) in [5.41, 5.74) is 3.66. The van der Waals surface area contributed by atoms with E-state index in [-0.39, 0.29) is 5.82 Å². The van der Waals surface area contributed by atoms with Gasteiger partial charge in [0.25, 0.3) is 0 Å². The lowest BCUT2D eigenvalue weighted by Gasteiger charge is -2.31. The number of benzene rings is 1. The second-order valence-corrected chi connectivity index (χ2v) is 5.21. The van der Waals surface area contributed by atoms with Crippen LogP contribution in [0.2, 0.25) is 0 Å². The number of aryl methyl sites for hydroxylation is 3. The number of anilines is 1. The van der Waals surface area contributed by atoms with Gasteiger partial charge in [-0.05, 0) is 43.9 Å². The highest BCUT2D eigenvalue weighted by molar-refractivity contribution is 5.58. The number of hydrogen-bond acceptors (Lipinski definition) is 3. The van der Waals surface area contributed by atoms with E-state index in [4.69, 9.17) is 4.52 Å². The molecule has 1 aromatic heterocycles. The van der Waals surface area contributed by atoms with Gasteiger partial charge in [-0.15, -0.1) is 0 Å². The van der Waals surface area contributed by atoms with Crippen LogP contribution in [0, 0.1) is 19.7 Å². The van der Waals surface area contributed by atoms with E-state index >= 15 is 0 Å². The van der Waals surface area contributed by atoms with Crippen molar-refractivity contribution in [1.29, 1.82) is 0 Å². The van der Waals surface area contributed by atoms with Gasteiger partial charge in [-0.2, -0.15) is 0 Å². The van der Waals surface area contributed by atoms with Crippen molar-refractivity contribution in [2.24, 2.45) is 0 Å². The van der Waals surface area contributed by atoms with Crippen molar-refractivity contribution < 1.29 is 8.91 Å². The van der Waals surface area contributed by atoms with Crippen LogP contribution in [-0.4, -0.2) is 11.7 Å². The molecule has 0 amide bonds. The van der Waals surface area contributed by atoms with Crippen LogP contribution >= 0.6 is 0 Å². The lowest BCUT2D eigenvalue weighted by atomic mass is 9.99. The van der Waals surface area contributed by atoms with Gasteiger partial charge in [-0.25, -0.2) is 4.39 Å². The van der Waals surface area contributed by atoms with Crippen LogP contribution in [-0.2, 0) is 13.0 Å². The van der Waals surface area contributed by atoms with Crippen molar-refractivity contribution in [2.45, 2.75) is 33.2 Å². The Morgan fingerprint density at radius 1 is 1.32 bits per heavy atom. The largest absolute Gasteiger partial charge is 0.361 e. The summed E-state index contributed by atoms with van der Waals surface area (Å²) >= 11 is 0. The fourth-order valence-electron chi connectivity index (χ4n) is 2.76. The Morgan fingerprint density at radius 3 is 2.89 bits per heavy atom. The molecule has 1 aromatic carbocycles. The first-order valence-electron chi connectivity index (χ1n) is 6.59. The normalized spacial score (nSPS) is 14.6. The van der Waals surface area contributed by atoms with Gasteiger partial charge in [0.2, 0.25) is 0 Å². The third kappa shape index (κ3) is 2.35. The van der Waals surface area contributed by atoms with Gasteiger partial charge in [0.1, 0.15) is 5.82 Å². The first kappa shape index (κ1) is 12.2. The summed E-state index contributed by atoms with van der Waals surface area (Å²) in [4.78, 5) is 2.05. The van der Waals surface area contributed by atoms with Crippen LogP contribution in [0.15, 0.2) is 22.7 Å². The standard InChI is InChI=1S/C15H17FN2O/c1-10-6-12-4-3-5-18(15(12)14(16)7-10)9-13-8-11(2)17-19-13/h6-8H,3-5,9H2,1-2H3. The molecule has 19 heavy (non-hydrogen) atoms. The zero-order valence-electron chi connectivity index (χ0n) is 11.2. The maximum atomic E-state index is 14.2. The molecule has 4 heteroatoms. The molecule has 0 N–H and O–H groups in total. The SMILES string of the molecule is Cc1cc(F)c2c(c1)CCCN2Cc1cc(C)no1. The van der Waals surface area contributed by atoms with Gasteiger partial charge in [-0.1, -0.05) is 11.2 Å². The van der Waals surface area contributed by atoms with E-state index in [1.807, 2.05) is 24.8 Å². The van der Waals surface area contributed by atoms with E-state index in [2.05, 4.69) is 11.2 Å². The van der Waals surface area contributed by atoms with E-state index in [1.165, 1.54) is 0 Å². The number of hydrogen-bond donors (Lipinski definition) is 0. The average molecular weight is 260 g/mol. The zero-order chi connectivity index (χ0) is 13.4. The first-order valence-corrected chi connectivity index (χ1v) is 6.59. The molecule has 0 aliphatic carbocycles. The van der Waals surface area contributed by atoms with Crippen molar-refractivity contribution in [3.05, 3.63) is 46.6 Å². The Morgan fingerprint density at radius 2 is 2.16 bits per heavy atom. The Balaban J connectivity index is 1.94. The van der Waals surface area contributed by atoms with Crippen molar-refractivity contribution in [2.75, 3.05) is 11.4 Å². The highest BCUT2D eigenvalue weighted by atomic mass is 19.1. The van der Waals surface area contributed by atoms with E-state index < -0.39 is 0 Å². The second-order valence-electron chi connectivity index (χ2n) is 5.21. The Bertz CT molecular complexity index is 606. The molecule has 1 aliphatic heterocycles. The van der Waals surface area contributed by atoms with Crippen molar-refractivity contribution in [3.8, 4) is 0 Å². The summed E-state index contributed by atoms with van der Waals surface area (Å²) in [5.74, 6) is 0.649. The van der Waals surface area contributed by atoms with Crippen molar-refractivity contribution in [3.63, 3.8) is 0 Å². The fraction of sp³-hybridized carbons (Fsp3) is 0.400. The minimum absolute atomic E-state index is 0.133. The minimum atomic E-state index is -0.133. The number of rotatable bonds is 2. The summed E-state index contributed by atoms with van der Waals surface area (Å²) in [5, 5.41) is 3.88. The Labute approximate surface area is 112 Å². The van der Waals surface area contributed by atoms with Crippen LogP contribution < -0.4 is 4.90 Å². The van der Waals surface area contributed by atoms with Crippen LogP contribution in [0.1, 0.15) is 29.0 Å². The lowest BCUT2D eigenvalue weighted by molar-refractivity contribution is 0.376. The molecule has 3 nitrogen and oxygen atoms in total. The molecule has 0 radical (unpaired) electrons. The first-order chi connectivity index (χ1) is 9.13. The molecule has 0 unspecified atom stereocenters. The molecule has 2 heterocycles. The van der Waals surface area contributed by atoms with Gasteiger partial charge in [0.15, 0.2) is 5.76 Å². The van der Waals surface area contributed by atoms with Crippen molar-refractivity contribution >= 4 is 5.69 Å². The molecule has 0 bridgehead atoms. The van der Waals surface area contributed by atoms with E-state index in [1.54, 1.807) is 6.07 Å². The maximum Gasteiger partial charge on any atom is 0.156 e. The molecule has 0 atom stereocenters. The monoisotopic (exact) mass is 260 g/mol. The number of nitrogens with zero attached hydrogens (tertiary/aromatic N) is 2. The number of halogens is 1. The van der Waals surface area contributed by atoms with Gasteiger partial charge < -0.3 is 9.42 Å². The Kier molecular flexibility index (Phi) is 3.01. The summed E-state index contributed by atoms with van der Waals surface area (Å²) in [6, 6.07) is 5.58. The highest BCUT2D eigenvalue weighted by Crippen LogP contribution is 2.32. The van der Waals surface area contributed by atoms with Crippen molar-refractivity contribution in [1.82, 2.24) is 5.16 Å². The summed E-state index contributed by atoms with van der Waals surface area (Å²) in [6.45, 7) is 5.25. The summed E-state index contributed by atoms with van der Waals surface area (Å²) in [6.07, 6.45) is 1.99. The minimum Gasteiger partial charge on any atom is -0.361 e. The molecule has 0 saturated heterocycles. The van der Waals surface area contributed by atoms with Crippen LogP contribution in [0.25, 0.3) is 0 Å². The third-order valence-corrected chi connectivity index (χ3v) is 3.50. The van der Waals surface area contributed by atoms with Crippen LogP contribution in [0.3, 0.4) is 0 Å². The number of aromatic nitrogens is 1. The van der Waals surface area contributed by atoms with E-state index in [0.29, 0.717) is 6.54 Å². The van der Waals surface area contributed by atoms with E-state index in [9.17, 15) is 4.39 Å². The Hall–Kier alpha value is -1.84. The molecule has 3 rings (SSSR count). The molecule has 0 spiro atoms. The van der Waals surface area contributed by atoms with Gasteiger partial charge in [0.05, 0.1) is 17.9 Å². The molecule has 2 aromatic rings. The fourth-order valence-corrected chi connectivity index (χ4v) is 2.76. The summed E-state index contributed by atoms with van der Waals surface area (Å²) in [7, 11) is 0. The molecule has 0 saturated carbocycles. The van der Waals surface area contributed by atoms with Crippen LogP contribution in [0.5, 0.6) is 0 Å². The predicted molar refractivity (Wildman–Crippen MR) is 71.7 cm³/mol. The molecule has 1 aliphatic rings.